The highest BCUT2D eigenvalue weighted by molar-refractivity contribution is 5.80. The first-order chi connectivity index (χ1) is 10.3. The summed E-state index contributed by atoms with van der Waals surface area (Å²) in [6.45, 7) is 3.39. The number of rotatable bonds is 4. The zero-order valence-corrected chi connectivity index (χ0v) is 13.1. The summed E-state index contributed by atoms with van der Waals surface area (Å²) >= 11 is 0. The van der Waals surface area contributed by atoms with Crippen LogP contribution < -0.4 is 5.32 Å². The second-order valence-corrected chi connectivity index (χ2v) is 6.49. The van der Waals surface area contributed by atoms with Gasteiger partial charge in [-0.25, -0.2) is 0 Å². The molecule has 1 aliphatic heterocycles. The Kier molecular flexibility index (Phi) is 4.79. The third-order valence-corrected chi connectivity index (χ3v) is 4.74. The third kappa shape index (κ3) is 4.23. The van der Waals surface area contributed by atoms with Crippen LogP contribution in [0.3, 0.4) is 0 Å². The summed E-state index contributed by atoms with van der Waals surface area (Å²) < 4.78 is 0. The molecule has 0 amide bonds. The van der Waals surface area contributed by atoms with Crippen LogP contribution in [-0.4, -0.2) is 37.5 Å². The highest BCUT2D eigenvalue weighted by atomic mass is 15.3. The normalized spacial score (nSPS) is 20.6. The van der Waals surface area contributed by atoms with Gasteiger partial charge in [0.15, 0.2) is 5.96 Å². The van der Waals surface area contributed by atoms with Crippen molar-refractivity contribution in [1.82, 2.24) is 10.2 Å². The molecule has 0 spiro atoms. The Morgan fingerprint density at radius 2 is 1.81 bits per heavy atom. The van der Waals surface area contributed by atoms with Crippen LogP contribution in [0.15, 0.2) is 35.3 Å². The molecule has 0 unspecified atom stereocenters. The van der Waals surface area contributed by atoms with Crippen molar-refractivity contribution < 1.29 is 0 Å². The zero-order chi connectivity index (χ0) is 14.5. The molecule has 0 atom stereocenters. The SMILES string of the molecule is CN=C(NCC1CC1)N1CCC(Cc2ccccc2)CC1. The van der Waals surface area contributed by atoms with Gasteiger partial charge in [0.2, 0.25) is 0 Å². The largest absolute Gasteiger partial charge is 0.356 e. The molecule has 2 aliphatic rings. The Bertz CT molecular complexity index is 457. The molecular formula is C18H27N3. The standard InChI is InChI=1S/C18H27N3/c1-19-18(20-14-17-7-8-17)21-11-9-16(10-12-21)13-15-5-3-2-4-6-15/h2-6,16-17H,7-14H2,1H3,(H,19,20). The predicted molar refractivity (Wildman–Crippen MR) is 88.5 cm³/mol. The first-order valence-corrected chi connectivity index (χ1v) is 8.34. The lowest BCUT2D eigenvalue weighted by Gasteiger charge is -2.34. The summed E-state index contributed by atoms with van der Waals surface area (Å²) in [6, 6.07) is 10.9. The summed E-state index contributed by atoms with van der Waals surface area (Å²) in [6.07, 6.45) is 6.56. The fourth-order valence-corrected chi connectivity index (χ4v) is 3.19. The summed E-state index contributed by atoms with van der Waals surface area (Å²) in [5, 5.41) is 3.54. The van der Waals surface area contributed by atoms with Crippen LogP contribution in [0.2, 0.25) is 0 Å². The molecule has 1 aromatic rings. The van der Waals surface area contributed by atoms with Crippen LogP contribution in [0, 0.1) is 11.8 Å². The van der Waals surface area contributed by atoms with Gasteiger partial charge < -0.3 is 10.2 Å². The topological polar surface area (TPSA) is 27.6 Å². The number of likely N-dealkylation sites (tertiary alicyclic amines) is 1. The number of benzene rings is 1. The number of guanidine groups is 1. The van der Waals surface area contributed by atoms with E-state index in [0.29, 0.717) is 0 Å². The van der Waals surface area contributed by atoms with Crippen LogP contribution in [0.4, 0.5) is 0 Å². The van der Waals surface area contributed by atoms with Crippen LogP contribution in [-0.2, 0) is 6.42 Å². The molecule has 1 N–H and O–H groups in total. The molecule has 3 heteroatoms. The lowest BCUT2D eigenvalue weighted by atomic mass is 9.90. The van der Waals surface area contributed by atoms with E-state index in [9.17, 15) is 0 Å². The lowest BCUT2D eigenvalue weighted by molar-refractivity contribution is 0.259. The van der Waals surface area contributed by atoms with E-state index in [1.165, 1.54) is 37.7 Å². The Morgan fingerprint density at radius 3 is 2.43 bits per heavy atom. The number of nitrogens with one attached hydrogen (secondary N) is 1. The van der Waals surface area contributed by atoms with E-state index in [1.807, 2.05) is 7.05 Å². The monoisotopic (exact) mass is 285 g/mol. The number of hydrogen-bond acceptors (Lipinski definition) is 1. The van der Waals surface area contributed by atoms with Crippen LogP contribution in [0.1, 0.15) is 31.2 Å². The van der Waals surface area contributed by atoms with Crippen LogP contribution in [0.25, 0.3) is 0 Å². The van der Waals surface area contributed by atoms with Gasteiger partial charge in [-0.1, -0.05) is 30.3 Å². The molecule has 1 aliphatic carbocycles. The van der Waals surface area contributed by atoms with Crippen molar-refractivity contribution in [2.75, 3.05) is 26.7 Å². The van der Waals surface area contributed by atoms with Crippen molar-refractivity contribution in [3.63, 3.8) is 0 Å². The van der Waals surface area contributed by atoms with Gasteiger partial charge in [0.05, 0.1) is 0 Å². The molecule has 1 heterocycles. The van der Waals surface area contributed by atoms with E-state index in [4.69, 9.17) is 0 Å². The van der Waals surface area contributed by atoms with Crippen molar-refractivity contribution >= 4 is 5.96 Å². The molecule has 0 radical (unpaired) electrons. The van der Waals surface area contributed by atoms with Crippen molar-refractivity contribution in [1.29, 1.82) is 0 Å². The maximum Gasteiger partial charge on any atom is 0.193 e. The highest BCUT2D eigenvalue weighted by Gasteiger charge is 2.24. The molecule has 3 rings (SSSR count). The Labute approximate surface area is 128 Å². The molecule has 1 aromatic carbocycles. The minimum Gasteiger partial charge on any atom is -0.356 e. The average Bonchev–Trinajstić information content (AvgIpc) is 3.35. The second kappa shape index (κ2) is 6.97. The van der Waals surface area contributed by atoms with E-state index in [2.05, 4.69) is 45.5 Å². The van der Waals surface area contributed by atoms with Gasteiger partial charge >= 0.3 is 0 Å². The van der Waals surface area contributed by atoms with E-state index in [1.54, 1.807) is 0 Å². The van der Waals surface area contributed by atoms with Crippen LogP contribution in [0.5, 0.6) is 0 Å². The van der Waals surface area contributed by atoms with Crippen molar-refractivity contribution in [2.45, 2.75) is 32.1 Å². The molecule has 21 heavy (non-hydrogen) atoms. The molecule has 0 aromatic heterocycles. The minimum absolute atomic E-state index is 0.824. The van der Waals surface area contributed by atoms with Crippen LogP contribution >= 0.6 is 0 Å². The van der Waals surface area contributed by atoms with Gasteiger partial charge in [-0.3, -0.25) is 4.99 Å². The first kappa shape index (κ1) is 14.4. The number of piperidine rings is 1. The smallest absolute Gasteiger partial charge is 0.193 e. The van der Waals surface area contributed by atoms with Gasteiger partial charge in [0.1, 0.15) is 0 Å². The van der Waals surface area contributed by atoms with Gasteiger partial charge in [0, 0.05) is 26.7 Å². The van der Waals surface area contributed by atoms with Crippen molar-refractivity contribution in [3.05, 3.63) is 35.9 Å². The lowest BCUT2D eigenvalue weighted by Crippen LogP contribution is -2.46. The van der Waals surface area contributed by atoms with E-state index in [0.717, 1.165) is 37.4 Å². The van der Waals surface area contributed by atoms with E-state index < -0.39 is 0 Å². The van der Waals surface area contributed by atoms with Gasteiger partial charge in [-0.2, -0.15) is 0 Å². The molecule has 2 fully saturated rings. The molecule has 3 nitrogen and oxygen atoms in total. The van der Waals surface area contributed by atoms with E-state index >= 15 is 0 Å². The van der Waals surface area contributed by atoms with E-state index in [-0.39, 0.29) is 0 Å². The number of hydrogen-bond donors (Lipinski definition) is 1. The fourth-order valence-electron chi connectivity index (χ4n) is 3.19. The average molecular weight is 285 g/mol. The fraction of sp³-hybridized carbons (Fsp3) is 0.611. The van der Waals surface area contributed by atoms with Gasteiger partial charge in [-0.15, -0.1) is 0 Å². The third-order valence-electron chi connectivity index (χ3n) is 4.74. The van der Waals surface area contributed by atoms with Gasteiger partial charge in [0.25, 0.3) is 0 Å². The minimum atomic E-state index is 0.824. The summed E-state index contributed by atoms with van der Waals surface area (Å²) in [5.74, 6) is 2.84. The maximum atomic E-state index is 4.45. The molecule has 114 valence electrons. The summed E-state index contributed by atoms with van der Waals surface area (Å²) in [4.78, 5) is 6.89. The predicted octanol–water partition coefficient (Wildman–Crippen LogP) is 2.93. The summed E-state index contributed by atoms with van der Waals surface area (Å²) in [5.41, 5.74) is 1.48. The molecule has 0 bridgehead atoms. The summed E-state index contributed by atoms with van der Waals surface area (Å²) in [7, 11) is 1.91. The Hall–Kier alpha value is -1.51. The first-order valence-electron chi connectivity index (χ1n) is 8.34. The Balaban J connectivity index is 1.45. The van der Waals surface area contributed by atoms with Crippen molar-refractivity contribution in [3.8, 4) is 0 Å². The molecular weight excluding hydrogens is 258 g/mol. The maximum absolute atomic E-state index is 4.45. The zero-order valence-electron chi connectivity index (χ0n) is 13.1. The quantitative estimate of drug-likeness (QED) is 0.680. The Morgan fingerprint density at radius 1 is 1.10 bits per heavy atom. The number of aliphatic imine (C=N–C) groups is 1. The van der Waals surface area contributed by atoms with Gasteiger partial charge in [-0.05, 0) is 49.5 Å². The second-order valence-electron chi connectivity index (χ2n) is 6.49. The molecule has 1 saturated heterocycles. The molecule has 1 saturated carbocycles. The number of nitrogens with zero attached hydrogens (tertiary/aromatic N) is 2. The highest BCUT2D eigenvalue weighted by Crippen LogP contribution is 2.28. The van der Waals surface area contributed by atoms with Crippen molar-refractivity contribution in [2.24, 2.45) is 16.8 Å².